The Morgan fingerprint density at radius 3 is 2.53 bits per heavy atom. The van der Waals surface area contributed by atoms with Gasteiger partial charge in [0.15, 0.2) is 0 Å². The number of alkyl halides is 1. The molecule has 0 fully saturated rings. The first kappa shape index (κ1) is 15.3. The number of ether oxygens (including phenoxy) is 1. The Morgan fingerprint density at radius 1 is 1.16 bits per heavy atom. The molecule has 0 aliphatic heterocycles. The maximum absolute atomic E-state index is 5.98. The standard InChI is InChI=1S/C15H13BrClIO/c16-13-6-4-12(5-7-13)15(9-18)19-10-11-2-1-3-14(17)8-11/h1-8,15H,9-10H2. The molecule has 0 saturated heterocycles. The van der Waals surface area contributed by atoms with E-state index in [1.54, 1.807) is 0 Å². The van der Waals surface area contributed by atoms with Crippen LogP contribution in [0.4, 0.5) is 0 Å². The molecule has 19 heavy (non-hydrogen) atoms. The molecule has 1 unspecified atom stereocenters. The summed E-state index contributed by atoms with van der Waals surface area (Å²) in [5, 5.41) is 0.746. The molecule has 2 rings (SSSR count). The van der Waals surface area contributed by atoms with Crippen LogP contribution in [0.2, 0.25) is 5.02 Å². The third-order valence-electron chi connectivity index (χ3n) is 2.72. The molecule has 1 nitrogen and oxygen atoms in total. The minimum atomic E-state index is 0.104. The number of rotatable bonds is 5. The minimum Gasteiger partial charge on any atom is -0.368 e. The topological polar surface area (TPSA) is 9.23 Å². The summed E-state index contributed by atoms with van der Waals surface area (Å²) in [4.78, 5) is 0. The van der Waals surface area contributed by atoms with Crippen molar-refractivity contribution in [3.63, 3.8) is 0 Å². The van der Waals surface area contributed by atoms with Crippen LogP contribution in [0.1, 0.15) is 17.2 Å². The van der Waals surface area contributed by atoms with Crippen LogP contribution in [0, 0.1) is 0 Å². The molecule has 1 atom stereocenters. The Kier molecular flexibility index (Phi) is 6.13. The van der Waals surface area contributed by atoms with Gasteiger partial charge in [-0.05, 0) is 35.4 Å². The van der Waals surface area contributed by atoms with E-state index in [2.05, 4.69) is 50.7 Å². The highest BCUT2D eigenvalue weighted by Gasteiger charge is 2.10. The van der Waals surface area contributed by atoms with Crippen molar-refractivity contribution in [2.45, 2.75) is 12.7 Å². The van der Waals surface area contributed by atoms with Gasteiger partial charge in [-0.1, -0.05) is 74.4 Å². The monoisotopic (exact) mass is 450 g/mol. The molecule has 0 aromatic heterocycles. The SMILES string of the molecule is Clc1cccc(COC(CI)c2ccc(Br)cc2)c1. The summed E-state index contributed by atoms with van der Waals surface area (Å²) in [6, 6.07) is 16.0. The van der Waals surface area contributed by atoms with Crippen LogP contribution in [0.15, 0.2) is 53.0 Å². The van der Waals surface area contributed by atoms with Crippen molar-refractivity contribution in [3.05, 3.63) is 69.2 Å². The van der Waals surface area contributed by atoms with Crippen molar-refractivity contribution in [2.75, 3.05) is 4.43 Å². The lowest BCUT2D eigenvalue weighted by Crippen LogP contribution is -2.05. The van der Waals surface area contributed by atoms with Crippen LogP contribution in [0.3, 0.4) is 0 Å². The van der Waals surface area contributed by atoms with Gasteiger partial charge >= 0.3 is 0 Å². The summed E-state index contributed by atoms with van der Waals surface area (Å²) in [6.45, 7) is 0.574. The summed E-state index contributed by atoms with van der Waals surface area (Å²) in [7, 11) is 0. The summed E-state index contributed by atoms with van der Waals surface area (Å²) >= 11 is 11.8. The molecule has 0 spiro atoms. The van der Waals surface area contributed by atoms with Crippen molar-refractivity contribution in [1.82, 2.24) is 0 Å². The molecular weight excluding hydrogens is 438 g/mol. The van der Waals surface area contributed by atoms with Gasteiger partial charge in [0.1, 0.15) is 0 Å². The number of hydrogen-bond acceptors (Lipinski definition) is 1. The normalized spacial score (nSPS) is 12.4. The first-order chi connectivity index (χ1) is 9.19. The van der Waals surface area contributed by atoms with Crippen molar-refractivity contribution in [3.8, 4) is 0 Å². The van der Waals surface area contributed by atoms with Crippen LogP contribution in [0.5, 0.6) is 0 Å². The van der Waals surface area contributed by atoms with Gasteiger partial charge in [0.25, 0.3) is 0 Å². The van der Waals surface area contributed by atoms with Gasteiger partial charge in [-0.15, -0.1) is 0 Å². The fourth-order valence-electron chi connectivity index (χ4n) is 1.73. The molecule has 0 radical (unpaired) electrons. The summed E-state index contributed by atoms with van der Waals surface area (Å²) in [5.41, 5.74) is 2.29. The van der Waals surface area contributed by atoms with E-state index in [1.165, 1.54) is 5.56 Å². The minimum absolute atomic E-state index is 0.104. The highest BCUT2D eigenvalue weighted by Crippen LogP contribution is 2.24. The quantitative estimate of drug-likeness (QED) is 0.413. The van der Waals surface area contributed by atoms with Gasteiger partial charge in [-0.25, -0.2) is 0 Å². The molecule has 0 aliphatic carbocycles. The van der Waals surface area contributed by atoms with Gasteiger partial charge in [0.2, 0.25) is 0 Å². The van der Waals surface area contributed by atoms with E-state index in [0.717, 1.165) is 19.5 Å². The van der Waals surface area contributed by atoms with Crippen LogP contribution >= 0.6 is 50.1 Å². The second kappa shape index (κ2) is 7.62. The van der Waals surface area contributed by atoms with Gasteiger partial charge in [0, 0.05) is 13.9 Å². The van der Waals surface area contributed by atoms with Gasteiger partial charge in [0.05, 0.1) is 12.7 Å². The molecular formula is C15H13BrClIO. The largest absolute Gasteiger partial charge is 0.368 e. The third kappa shape index (κ3) is 4.74. The van der Waals surface area contributed by atoms with E-state index in [-0.39, 0.29) is 6.10 Å². The Balaban J connectivity index is 2.01. The highest BCUT2D eigenvalue weighted by molar-refractivity contribution is 14.1. The molecule has 100 valence electrons. The number of hydrogen-bond donors (Lipinski definition) is 0. The molecule has 4 heteroatoms. The molecule has 0 bridgehead atoms. The molecule has 0 amide bonds. The zero-order valence-corrected chi connectivity index (χ0v) is 14.7. The van der Waals surface area contributed by atoms with Crippen molar-refractivity contribution >= 4 is 50.1 Å². The van der Waals surface area contributed by atoms with Crippen LogP contribution < -0.4 is 0 Å². The first-order valence-electron chi connectivity index (χ1n) is 5.86. The van der Waals surface area contributed by atoms with E-state index in [4.69, 9.17) is 16.3 Å². The number of benzene rings is 2. The van der Waals surface area contributed by atoms with E-state index in [9.17, 15) is 0 Å². The second-order valence-corrected chi connectivity index (χ2v) is 6.37. The van der Waals surface area contributed by atoms with E-state index < -0.39 is 0 Å². The average molecular weight is 452 g/mol. The van der Waals surface area contributed by atoms with Crippen molar-refractivity contribution in [1.29, 1.82) is 0 Å². The zero-order valence-electron chi connectivity index (χ0n) is 10.2. The predicted octanol–water partition coefficient (Wildman–Crippen LogP) is 5.80. The Labute approximate surface area is 140 Å². The van der Waals surface area contributed by atoms with Crippen molar-refractivity contribution < 1.29 is 4.74 Å². The highest BCUT2D eigenvalue weighted by atomic mass is 127. The van der Waals surface area contributed by atoms with Gasteiger partial charge in [-0.3, -0.25) is 0 Å². The lowest BCUT2D eigenvalue weighted by atomic mass is 10.1. The maximum atomic E-state index is 5.98. The second-order valence-electron chi connectivity index (χ2n) is 4.14. The zero-order chi connectivity index (χ0) is 13.7. The Bertz CT molecular complexity index is 530. The Morgan fingerprint density at radius 2 is 1.89 bits per heavy atom. The molecule has 0 aliphatic rings. The average Bonchev–Trinajstić information content (AvgIpc) is 2.41. The van der Waals surface area contributed by atoms with Gasteiger partial charge < -0.3 is 4.74 Å². The fourth-order valence-corrected chi connectivity index (χ4v) is 2.97. The maximum Gasteiger partial charge on any atom is 0.0918 e. The summed E-state index contributed by atoms with van der Waals surface area (Å²) < 4.78 is 7.98. The van der Waals surface area contributed by atoms with Crippen molar-refractivity contribution in [2.24, 2.45) is 0 Å². The molecule has 2 aromatic carbocycles. The lowest BCUT2D eigenvalue weighted by molar-refractivity contribution is 0.0577. The smallest absolute Gasteiger partial charge is 0.0918 e. The third-order valence-corrected chi connectivity index (χ3v) is 4.29. The summed E-state index contributed by atoms with van der Waals surface area (Å²) in [5.74, 6) is 0. The summed E-state index contributed by atoms with van der Waals surface area (Å²) in [6.07, 6.45) is 0.104. The predicted molar refractivity (Wildman–Crippen MR) is 92.0 cm³/mol. The molecule has 0 heterocycles. The lowest BCUT2D eigenvalue weighted by Gasteiger charge is -2.16. The molecule has 0 N–H and O–H groups in total. The van der Waals surface area contributed by atoms with Crippen LogP contribution in [-0.2, 0) is 11.3 Å². The molecule has 0 saturated carbocycles. The van der Waals surface area contributed by atoms with Crippen LogP contribution in [-0.4, -0.2) is 4.43 Å². The first-order valence-corrected chi connectivity index (χ1v) is 8.56. The van der Waals surface area contributed by atoms with E-state index >= 15 is 0 Å². The number of halogens is 3. The van der Waals surface area contributed by atoms with Crippen LogP contribution in [0.25, 0.3) is 0 Å². The molecule has 2 aromatic rings. The fraction of sp³-hybridized carbons (Fsp3) is 0.200. The van der Waals surface area contributed by atoms with Gasteiger partial charge in [-0.2, -0.15) is 0 Å². The Hall–Kier alpha value is -0.100. The van der Waals surface area contributed by atoms with E-state index in [1.807, 2.05) is 36.4 Å². The van der Waals surface area contributed by atoms with E-state index in [0.29, 0.717) is 6.61 Å².